The lowest BCUT2D eigenvalue weighted by Crippen LogP contribution is -2.40. The number of methoxy groups -OCH3 is 1. The van der Waals surface area contributed by atoms with Crippen molar-refractivity contribution in [1.29, 1.82) is 0 Å². The number of carbonyl (C=O) groups is 1. The van der Waals surface area contributed by atoms with Crippen molar-refractivity contribution in [2.24, 2.45) is 0 Å². The summed E-state index contributed by atoms with van der Waals surface area (Å²) in [4.78, 5) is 13.2. The van der Waals surface area contributed by atoms with Crippen LogP contribution in [0.3, 0.4) is 0 Å². The highest BCUT2D eigenvalue weighted by atomic mass is 16.5. The number of β-amino-alcohol motifs (C(OH)–C–C–N with tert-alkyl or cyclic N) is 1. The van der Waals surface area contributed by atoms with Crippen molar-refractivity contribution in [2.75, 3.05) is 20.2 Å². The summed E-state index contributed by atoms with van der Waals surface area (Å²) in [6.07, 6.45) is -0.0883. The number of benzene rings is 1. The van der Waals surface area contributed by atoms with Gasteiger partial charge in [0.25, 0.3) is 0 Å². The Labute approximate surface area is 101 Å². The van der Waals surface area contributed by atoms with E-state index in [1.165, 1.54) is 18.2 Å². The second kappa shape index (κ2) is 5.29. The van der Waals surface area contributed by atoms with E-state index in [2.05, 4.69) is 21.8 Å². The summed E-state index contributed by atoms with van der Waals surface area (Å²) < 4.78 is 4.51. The molecular weight excluding hydrogens is 218 g/mol. The Morgan fingerprint density at radius 2 is 2.18 bits per heavy atom. The van der Waals surface area contributed by atoms with Crippen molar-refractivity contribution in [2.45, 2.75) is 19.1 Å². The average Bonchev–Trinajstić information content (AvgIpc) is 2.37. The van der Waals surface area contributed by atoms with Crippen LogP contribution in [0.2, 0.25) is 0 Å². The van der Waals surface area contributed by atoms with Gasteiger partial charge >= 0.3 is 5.97 Å². The van der Waals surface area contributed by atoms with Crippen LogP contribution in [0.15, 0.2) is 24.3 Å². The molecule has 0 bridgehead atoms. The van der Waals surface area contributed by atoms with Gasteiger partial charge < -0.3 is 9.84 Å². The zero-order valence-corrected chi connectivity index (χ0v) is 9.93. The molecule has 1 N–H and O–H groups in total. The van der Waals surface area contributed by atoms with Gasteiger partial charge in [0.2, 0.25) is 0 Å². The quantitative estimate of drug-likeness (QED) is 0.779. The lowest BCUT2D eigenvalue weighted by Gasteiger charge is -2.29. The van der Waals surface area contributed by atoms with Crippen LogP contribution in [-0.4, -0.2) is 42.3 Å². The molecule has 4 nitrogen and oxygen atoms in total. The minimum Gasteiger partial charge on any atom is -0.467 e. The third-order valence-electron chi connectivity index (χ3n) is 3.11. The molecule has 0 saturated carbocycles. The molecule has 0 fully saturated rings. The Morgan fingerprint density at radius 3 is 2.88 bits per heavy atom. The molecule has 1 atom stereocenters. The smallest absolute Gasteiger partial charge is 0.336 e. The molecule has 0 aliphatic carbocycles. The molecule has 2 rings (SSSR count). The Morgan fingerprint density at radius 1 is 1.47 bits per heavy atom. The standard InChI is InChI=1S/C13H17NO3/c1-17-13(16)12(15)9-14-7-6-10-4-2-3-5-11(10)8-14/h2-5,12,15H,6-9H2,1H3. The van der Waals surface area contributed by atoms with Crippen molar-refractivity contribution >= 4 is 5.97 Å². The molecule has 0 saturated heterocycles. The third kappa shape index (κ3) is 2.84. The maximum absolute atomic E-state index is 11.1. The molecule has 1 unspecified atom stereocenters. The Kier molecular flexibility index (Phi) is 3.76. The fraction of sp³-hybridized carbons (Fsp3) is 0.462. The fourth-order valence-corrected chi connectivity index (χ4v) is 2.17. The maximum atomic E-state index is 11.1. The van der Waals surface area contributed by atoms with Crippen molar-refractivity contribution < 1.29 is 14.6 Å². The molecular formula is C13H17NO3. The van der Waals surface area contributed by atoms with E-state index in [0.29, 0.717) is 6.54 Å². The molecule has 4 heteroatoms. The van der Waals surface area contributed by atoms with Crippen molar-refractivity contribution in [3.8, 4) is 0 Å². The second-order valence-electron chi connectivity index (χ2n) is 4.29. The Balaban J connectivity index is 1.96. The molecule has 0 aromatic heterocycles. The number of fused-ring (bicyclic) bond motifs is 1. The highest BCUT2D eigenvalue weighted by molar-refractivity contribution is 5.74. The van der Waals surface area contributed by atoms with E-state index in [9.17, 15) is 9.90 Å². The van der Waals surface area contributed by atoms with Crippen LogP contribution in [0.5, 0.6) is 0 Å². The summed E-state index contributed by atoms with van der Waals surface area (Å²) in [5.74, 6) is -0.566. The van der Waals surface area contributed by atoms with Crippen molar-refractivity contribution in [1.82, 2.24) is 4.90 Å². The number of ether oxygens (including phenoxy) is 1. The SMILES string of the molecule is COC(=O)C(O)CN1CCc2ccccc2C1. The molecule has 0 spiro atoms. The first kappa shape index (κ1) is 12.1. The normalized spacial score (nSPS) is 17.3. The van der Waals surface area contributed by atoms with Gasteiger partial charge in [-0.25, -0.2) is 4.79 Å². The molecule has 17 heavy (non-hydrogen) atoms. The number of nitrogens with zero attached hydrogens (tertiary/aromatic N) is 1. The monoisotopic (exact) mass is 235 g/mol. The molecule has 1 aromatic carbocycles. The number of esters is 1. The van der Waals surface area contributed by atoms with E-state index in [1.54, 1.807) is 0 Å². The summed E-state index contributed by atoms with van der Waals surface area (Å²) in [6.45, 7) is 1.98. The van der Waals surface area contributed by atoms with Gasteiger partial charge in [-0.2, -0.15) is 0 Å². The number of carbonyl (C=O) groups excluding carboxylic acids is 1. The van der Waals surface area contributed by atoms with Gasteiger partial charge in [0.15, 0.2) is 6.10 Å². The minimum atomic E-state index is -1.05. The van der Waals surface area contributed by atoms with E-state index in [-0.39, 0.29) is 0 Å². The van der Waals surface area contributed by atoms with Gasteiger partial charge in [0, 0.05) is 19.6 Å². The van der Waals surface area contributed by atoms with Crippen LogP contribution in [-0.2, 0) is 22.5 Å². The van der Waals surface area contributed by atoms with Gasteiger partial charge in [0.05, 0.1) is 7.11 Å². The highest BCUT2D eigenvalue weighted by Crippen LogP contribution is 2.18. The molecule has 1 aliphatic heterocycles. The molecule has 1 aliphatic rings. The molecule has 92 valence electrons. The first-order valence-corrected chi connectivity index (χ1v) is 5.75. The molecule has 1 heterocycles. The van der Waals surface area contributed by atoms with Crippen LogP contribution in [0, 0.1) is 0 Å². The van der Waals surface area contributed by atoms with Gasteiger partial charge in [-0.1, -0.05) is 24.3 Å². The first-order chi connectivity index (χ1) is 8.20. The molecule has 0 amide bonds. The predicted octanol–water partition coefficient (Wildman–Crippen LogP) is 0.579. The summed E-state index contributed by atoms with van der Waals surface area (Å²) in [7, 11) is 1.29. The van der Waals surface area contributed by atoms with Gasteiger partial charge in [-0.3, -0.25) is 4.90 Å². The van der Waals surface area contributed by atoms with Crippen molar-refractivity contribution in [3.63, 3.8) is 0 Å². The lowest BCUT2D eigenvalue weighted by atomic mass is 10.00. The van der Waals surface area contributed by atoms with Crippen LogP contribution >= 0.6 is 0 Å². The Bertz CT molecular complexity index is 405. The van der Waals surface area contributed by atoms with E-state index < -0.39 is 12.1 Å². The van der Waals surface area contributed by atoms with Crippen LogP contribution in [0.25, 0.3) is 0 Å². The number of hydrogen-bond donors (Lipinski definition) is 1. The lowest BCUT2D eigenvalue weighted by molar-refractivity contribution is -0.151. The second-order valence-corrected chi connectivity index (χ2v) is 4.29. The average molecular weight is 235 g/mol. The zero-order chi connectivity index (χ0) is 12.3. The van der Waals surface area contributed by atoms with Crippen LogP contribution < -0.4 is 0 Å². The van der Waals surface area contributed by atoms with Crippen LogP contribution in [0.4, 0.5) is 0 Å². The van der Waals surface area contributed by atoms with Crippen molar-refractivity contribution in [3.05, 3.63) is 35.4 Å². The summed E-state index contributed by atoms with van der Waals surface area (Å²) in [5.41, 5.74) is 2.63. The zero-order valence-electron chi connectivity index (χ0n) is 9.93. The summed E-state index contributed by atoms with van der Waals surface area (Å²) >= 11 is 0. The summed E-state index contributed by atoms with van der Waals surface area (Å²) in [5, 5.41) is 9.60. The fourth-order valence-electron chi connectivity index (χ4n) is 2.17. The first-order valence-electron chi connectivity index (χ1n) is 5.75. The van der Waals surface area contributed by atoms with Gasteiger partial charge in [-0.05, 0) is 17.5 Å². The largest absolute Gasteiger partial charge is 0.467 e. The van der Waals surface area contributed by atoms with E-state index in [4.69, 9.17) is 0 Å². The molecule has 0 radical (unpaired) electrons. The van der Waals surface area contributed by atoms with Crippen LogP contribution in [0.1, 0.15) is 11.1 Å². The van der Waals surface area contributed by atoms with Gasteiger partial charge in [0.1, 0.15) is 0 Å². The predicted molar refractivity (Wildman–Crippen MR) is 63.4 cm³/mol. The number of rotatable bonds is 3. The van der Waals surface area contributed by atoms with E-state index in [0.717, 1.165) is 19.5 Å². The number of aliphatic hydroxyl groups excluding tert-OH is 1. The van der Waals surface area contributed by atoms with E-state index in [1.807, 2.05) is 12.1 Å². The topological polar surface area (TPSA) is 49.8 Å². The maximum Gasteiger partial charge on any atom is 0.336 e. The molecule has 1 aromatic rings. The summed E-state index contributed by atoms with van der Waals surface area (Å²) in [6, 6.07) is 8.27. The third-order valence-corrected chi connectivity index (χ3v) is 3.11. The highest BCUT2D eigenvalue weighted by Gasteiger charge is 2.22. The van der Waals surface area contributed by atoms with E-state index >= 15 is 0 Å². The number of hydrogen-bond acceptors (Lipinski definition) is 4. The van der Waals surface area contributed by atoms with Gasteiger partial charge in [-0.15, -0.1) is 0 Å². The minimum absolute atomic E-state index is 0.334. The number of aliphatic hydroxyl groups is 1. The Hall–Kier alpha value is -1.39.